The van der Waals surface area contributed by atoms with E-state index >= 15 is 0 Å². The zero-order valence-corrected chi connectivity index (χ0v) is 13.6. The molecule has 2 aromatic carbocycles. The van der Waals surface area contributed by atoms with Crippen LogP contribution in [0.4, 0.5) is 4.39 Å². The number of ether oxygens (including phenoxy) is 1. The molecular weight excluding hydrogens is 401 g/mol. The molecule has 100 valence electrons. The second-order valence-electron chi connectivity index (χ2n) is 3.92. The van der Waals surface area contributed by atoms with Crippen molar-refractivity contribution in [2.75, 3.05) is 7.11 Å². The van der Waals surface area contributed by atoms with Crippen molar-refractivity contribution in [1.29, 1.82) is 0 Å². The van der Waals surface area contributed by atoms with Gasteiger partial charge in [0.25, 0.3) is 0 Å². The fourth-order valence-corrected chi connectivity index (χ4v) is 2.58. The molecule has 19 heavy (non-hydrogen) atoms. The monoisotopic (exact) mass is 410 g/mol. The Morgan fingerprint density at radius 3 is 2.58 bits per heavy atom. The second kappa shape index (κ2) is 6.29. The van der Waals surface area contributed by atoms with Crippen molar-refractivity contribution in [3.05, 3.63) is 61.9 Å². The molecule has 5 heteroatoms. The Kier molecular flexibility index (Phi) is 4.92. The van der Waals surface area contributed by atoms with Crippen LogP contribution in [0.5, 0.6) is 5.75 Å². The van der Waals surface area contributed by atoms with E-state index in [1.54, 1.807) is 12.1 Å². The molecule has 2 aromatic rings. The lowest BCUT2D eigenvalue weighted by molar-refractivity contribution is 0.409. The summed E-state index contributed by atoms with van der Waals surface area (Å²) in [7, 11) is 1.53. The first kappa shape index (κ1) is 14.9. The van der Waals surface area contributed by atoms with Crippen LogP contribution >= 0.6 is 45.8 Å². The molecule has 0 radical (unpaired) electrons. The lowest BCUT2D eigenvalue weighted by Crippen LogP contribution is -1.98. The van der Waals surface area contributed by atoms with Gasteiger partial charge in [-0.15, -0.1) is 11.6 Å². The molecule has 0 bridgehead atoms. The molecule has 2 rings (SSSR count). The van der Waals surface area contributed by atoms with E-state index in [0.717, 1.165) is 9.13 Å². The minimum atomic E-state index is -0.514. The van der Waals surface area contributed by atoms with Gasteiger partial charge >= 0.3 is 0 Å². The lowest BCUT2D eigenvalue weighted by Gasteiger charge is -2.15. The van der Waals surface area contributed by atoms with Gasteiger partial charge in [-0.25, -0.2) is 4.39 Å². The van der Waals surface area contributed by atoms with Crippen LogP contribution in [-0.2, 0) is 0 Å². The highest BCUT2D eigenvalue weighted by molar-refractivity contribution is 14.1. The van der Waals surface area contributed by atoms with Crippen LogP contribution in [0, 0.1) is 9.39 Å². The van der Waals surface area contributed by atoms with Gasteiger partial charge in [-0.3, -0.25) is 0 Å². The fourth-order valence-electron chi connectivity index (χ4n) is 1.75. The lowest BCUT2D eigenvalue weighted by atomic mass is 10.0. The standard InChI is InChI=1S/C14H10Cl2FIO/c1-19-13-5-3-9(17)7-10(13)14(16)8-2-4-12(18)11(15)6-8/h2-7,14H,1H3. The van der Waals surface area contributed by atoms with Crippen molar-refractivity contribution in [2.45, 2.75) is 5.38 Å². The molecule has 0 aliphatic rings. The third-order valence-electron chi connectivity index (χ3n) is 2.70. The summed E-state index contributed by atoms with van der Waals surface area (Å²) in [5, 5.41) is 0.110. The zero-order chi connectivity index (χ0) is 14.0. The predicted molar refractivity (Wildman–Crippen MR) is 84.8 cm³/mol. The summed E-state index contributed by atoms with van der Waals surface area (Å²) in [6.07, 6.45) is 0. The number of benzene rings is 2. The molecule has 0 heterocycles. The van der Waals surface area contributed by atoms with Gasteiger partial charge in [0.2, 0.25) is 0 Å². The summed E-state index contributed by atoms with van der Waals surface area (Å²) in [6.45, 7) is 0. The van der Waals surface area contributed by atoms with E-state index < -0.39 is 5.38 Å². The largest absolute Gasteiger partial charge is 0.496 e. The van der Waals surface area contributed by atoms with Gasteiger partial charge < -0.3 is 4.74 Å². The Labute approximate surface area is 134 Å². The SMILES string of the molecule is COc1ccc(F)cc1C(Cl)c1ccc(I)c(Cl)c1. The number of rotatable bonds is 3. The van der Waals surface area contributed by atoms with Gasteiger partial charge in [-0.2, -0.15) is 0 Å². The van der Waals surface area contributed by atoms with E-state index in [0.29, 0.717) is 16.3 Å². The highest BCUT2D eigenvalue weighted by Crippen LogP contribution is 2.36. The average molecular weight is 411 g/mol. The van der Waals surface area contributed by atoms with Gasteiger partial charge in [0, 0.05) is 9.13 Å². The quantitative estimate of drug-likeness (QED) is 0.484. The van der Waals surface area contributed by atoms with Crippen molar-refractivity contribution in [1.82, 2.24) is 0 Å². The Hall–Kier alpha value is -0.520. The molecule has 1 nitrogen and oxygen atoms in total. The maximum Gasteiger partial charge on any atom is 0.124 e. The normalized spacial score (nSPS) is 12.3. The summed E-state index contributed by atoms with van der Waals surface area (Å²) in [6, 6.07) is 9.81. The van der Waals surface area contributed by atoms with E-state index in [9.17, 15) is 4.39 Å². The van der Waals surface area contributed by atoms with Gasteiger partial charge in [-0.05, 0) is 58.5 Å². The maximum atomic E-state index is 13.4. The maximum absolute atomic E-state index is 13.4. The van der Waals surface area contributed by atoms with E-state index in [1.807, 2.05) is 12.1 Å². The third kappa shape index (κ3) is 3.33. The van der Waals surface area contributed by atoms with E-state index in [-0.39, 0.29) is 5.82 Å². The molecule has 0 fully saturated rings. The summed E-state index contributed by atoms with van der Waals surface area (Å²) >= 11 is 14.6. The Balaban J connectivity index is 2.45. The number of hydrogen-bond acceptors (Lipinski definition) is 1. The van der Waals surface area contributed by atoms with Crippen LogP contribution in [0.25, 0.3) is 0 Å². The fraction of sp³-hybridized carbons (Fsp3) is 0.143. The first-order valence-electron chi connectivity index (χ1n) is 5.45. The number of hydrogen-bond donors (Lipinski definition) is 0. The van der Waals surface area contributed by atoms with Crippen LogP contribution in [0.2, 0.25) is 5.02 Å². The number of methoxy groups -OCH3 is 1. The van der Waals surface area contributed by atoms with Crippen molar-refractivity contribution in [3.8, 4) is 5.75 Å². The number of alkyl halides is 1. The third-order valence-corrected chi connectivity index (χ3v) is 4.76. The van der Waals surface area contributed by atoms with E-state index in [1.165, 1.54) is 19.2 Å². The minimum Gasteiger partial charge on any atom is -0.496 e. The minimum absolute atomic E-state index is 0.349. The Bertz CT molecular complexity index is 604. The predicted octanol–water partition coefficient (Wildman–Crippen LogP) is 5.42. The van der Waals surface area contributed by atoms with Gasteiger partial charge in [0.15, 0.2) is 0 Å². The molecule has 0 spiro atoms. The highest BCUT2D eigenvalue weighted by atomic mass is 127. The Morgan fingerprint density at radius 2 is 1.95 bits per heavy atom. The van der Waals surface area contributed by atoms with Gasteiger partial charge in [0.05, 0.1) is 17.5 Å². The summed E-state index contributed by atoms with van der Waals surface area (Å²) < 4.78 is 19.5. The van der Waals surface area contributed by atoms with Crippen molar-refractivity contribution < 1.29 is 9.13 Å². The van der Waals surface area contributed by atoms with Crippen LogP contribution in [0.15, 0.2) is 36.4 Å². The second-order valence-corrected chi connectivity index (χ2v) is 5.93. The molecule has 0 aliphatic heterocycles. The molecule has 0 N–H and O–H groups in total. The van der Waals surface area contributed by atoms with Gasteiger partial charge in [-0.1, -0.05) is 17.7 Å². The van der Waals surface area contributed by atoms with Crippen LogP contribution in [0.3, 0.4) is 0 Å². The molecule has 1 atom stereocenters. The molecule has 0 saturated heterocycles. The smallest absolute Gasteiger partial charge is 0.124 e. The molecule has 0 aromatic heterocycles. The van der Waals surface area contributed by atoms with Gasteiger partial charge in [0.1, 0.15) is 11.6 Å². The van der Waals surface area contributed by atoms with Crippen molar-refractivity contribution >= 4 is 45.8 Å². The summed E-state index contributed by atoms with van der Waals surface area (Å²) in [5.41, 5.74) is 1.39. The Morgan fingerprint density at radius 1 is 1.21 bits per heavy atom. The molecule has 0 amide bonds. The number of halogens is 4. The zero-order valence-electron chi connectivity index (χ0n) is 9.96. The van der Waals surface area contributed by atoms with E-state index in [2.05, 4.69) is 22.6 Å². The first-order chi connectivity index (χ1) is 9.02. The molecular formula is C14H10Cl2FIO. The van der Waals surface area contributed by atoms with Crippen LogP contribution in [-0.4, -0.2) is 7.11 Å². The van der Waals surface area contributed by atoms with E-state index in [4.69, 9.17) is 27.9 Å². The van der Waals surface area contributed by atoms with Crippen molar-refractivity contribution in [3.63, 3.8) is 0 Å². The average Bonchev–Trinajstić information content (AvgIpc) is 2.41. The molecule has 1 unspecified atom stereocenters. The van der Waals surface area contributed by atoms with Crippen LogP contribution < -0.4 is 4.74 Å². The molecule has 0 aliphatic carbocycles. The van der Waals surface area contributed by atoms with Crippen LogP contribution in [0.1, 0.15) is 16.5 Å². The first-order valence-corrected chi connectivity index (χ1v) is 7.34. The summed E-state index contributed by atoms with van der Waals surface area (Å²) in [5.74, 6) is 0.203. The highest BCUT2D eigenvalue weighted by Gasteiger charge is 2.17. The van der Waals surface area contributed by atoms with Crippen molar-refractivity contribution in [2.24, 2.45) is 0 Å². The molecule has 0 saturated carbocycles. The topological polar surface area (TPSA) is 9.23 Å². The summed E-state index contributed by atoms with van der Waals surface area (Å²) in [4.78, 5) is 0.